The van der Waals surface area contributed by atoms with Gasteiger partial charge in [0.05, 0.1) is 12.5 Å². The van der Waals surface area contributed by atoms with Gasteiger partial charge in [-0.1, -0.05) is 0 Å². The van der Waals surface area contributed by atoms with Crippen LogP contribution in [0.1, 0.15) is 29.9 Å². The molecule has 1 saturated heterocycles. The Kier molecular flexibility index (Phi) is 3.98. The second-order valence-electron chi connectivity index (χ2n) is 5.45. The molecule has 0 radical (unpaired) electrons. The van der Waals surface area contributed by atoms with Crippen molar-refractivity contribution < 1.29 is 14.0 Å². The zero-order valence-corrected chi connectivity index (χ0v) is 13.2. The van der Waals surface area contributed by atoms with Crippen molar-refractivity contribution in [2.45, 2.75) is 32.4 Å². The van der Waals surface area contributed by atoms with Crippen molar-refractivity contribution in [1.82, 2.24) is 15.2 Å². The second kappa shape index (κ2) is 5.92. The Morgan fingerprint density at radius 2 is 2.36 bits per heavy atom. The van der Waals surface area contributed by atoms with E-state index in [4.69, 9.17) is 4.42 Å². The summed E-state index contributed by atoms with van der Waals surface area (Å²) in [6.07, 6.45) is 3.72. The van der Waals surface area contributed by atoms with Gasteiger partial charge in [0.15, 0.2) is 10.8 Å². The molecule has 7 heteroatoms. The lowest BCUT2D eigenvalue weighted by molar-refractivity contribution is -0.130. The van der Waals surface area contributed by atoms with Crippen LogP contribution in [0.15, 0.2) is 29.0 Å². The monoisotopic (exact) mass is 319 g/mol. The van der Waals surface area contributed by atoms with Crippen LogP contribution in [0.25, 0.3) is 10.8 Å². The molecule has 1 unspecified atom stereocenters. The van der Waals surface area contributed by atoms with Crippen LogP contribution >= 0.6 is 11.3 Å². The molecule has 22 heavy (non-hydrogen) atoms. The number of aromatic nitrogens is 1. The molecule has 0 bridgehead atoms. The minimum atomic E-state index is -0.441. The Hall–Kier alpha value is -2.15. The molecule has 2 amide bonds. The molecule has 1 atom stereocenters. The highest BCUT2D eigenvalue weighted by Crippen LogP contribution is 2.25. The fourth-order valence-electron chi connectivity index (χ4n) is 2.47. The molecule has 0 spiro atoms. The van der Waals surface area contributed by atoms with Crippen LogP contribution in [-0.2, 0) is 4.79 Å². The van der Waals surface area contributed by atoms with E-state index >= 15 is 0 Å². The number of hydrogen-bond donors (Lipinski definition) is 1. The molecule has 6 nitrogen and oxygen atoms in total. The SMILES string of the molecule is CC(C)N1CCC(NC(=O)c2cnc(-c3ccco3)s2)C1=O. The van der Waals surface area contributed by atoms with Gasteiger partial charge >= 0.3 is 0 Å². The van der Waals surface area contributed by atoms with Gasteiger partial charge in [-0.25, -0.2) is 4.98 Å². The van der Waals surface area contributed by atoms with E-state index in [0.717, 1.165) is 0 Å². The van der Waals surface area contributed by atoms with Crippen molar-refractivity contribution in [3.63, 3.8) is 0 Å². The second-order valence-corrected chi connectivity index (χ2v) is 6.48. The number of thiazole rings is 1. The summed E-state index contributed by atoms with van der Waals surface area (Å²) in [6, 6.07) is 3.28. The normalized spacial score (nSPS) is 18.2. The molecule has 1 aliphatic rings. The van der Waals surface area contributed by atoms with Crippen molar-refractivity contribution in [2.75, 3.05) is 6.54 Å². The number of furan rings is 1. The molecule has 0 saturated carbocycles. The van der Waals surface area contributed by atoms with Crippen molar-refractivity contribution >= 4 is 23.2 Å². The zero-order valence-electron chi connectivity index (χ0n) is 12.4. The van der Waals surface area contributed by atoms with Gasteiger partial charge in [-0.3, -0.25) is 9.59 Å². The van der Waals surface area contributed by atoms with Gasteiger partial charge in [0.1, 0.15) is 10.9 Å². The third kappa shape index (κ3) is 2.76. The van der Waals surface area contributed by atoms with Gasteiger partial charge in [-0.2, -0.15) is 0 Å². The lowest BCUT2D eigenvalue weighted by Gasteiger charge is -2.20. The Labute approximate surface area is 132 Å². The van der Waals surface area contributed by atoms with Gasteiger partial charge in [0.25, 0.3) is 5.91 Å². The van der Waals surface area contributed by atoms with E-state index < -0.39 is 6.04 Å². The molecule has 0 aromatic carbocycles. The van der Waals surface area contributed by atoms with Crippen LogP contribution in [0.3, 0.4) is 0 Å². The van der Waals surface area contributed by atoms with Gasteiger partial charge in [0.2, 0.25) is 5.91 Å². The van der Waals surface area contributed by atoms with Crippen molar-refractivity contribution in [3.8, 4) is 10.8 Å². The summed E-state index contributed by atoms with van der Waals surface area (Å²) in [5.74, 6) is 0.352. The number of likely N-dealkylation sites (tertiary alicyclic amines) is 1. The molecule has 116 valence electrons. The Bertz CT molecular complexity index is 678. The van der Waals surface area contributed by atoms with Crippen LogP contribution in [-0.4, -0.2) is 40.3 Å². The first-order valence-electron chi connectivity index (χ1n) is 7.17. The first kappa shape index (κ1) is 14.8. The summed E-state index contributed by atoms with van der Waals surface area (Å²) in [4.78, 5) is 30.9. The molecular formula is C15H17N3O3S. The van der Waals surface area contributed by atoms with Gasteiger partial charge in [-0.05, 0) is 32.4 Å². The van der Waals surface area contributed by atoms with Crippen LogP contribution in [0.2, 0.25) is 0 Å². The molecule has 3 heterocycles. The van der Waals surface area contributed by atoms with Gasteiger partial charge in [-0.15, -0.1) is 11.3 Å². The number of nitrogens with one attached hydrogen (secondary N) is 1. The fourth-order valence-corrected chi connectivity index (χ4v) is 3.26. The summed E-state index contributed by atoms with van der Waals surface area (Å²) in [6.45, 7) is 4.63. The lowest BCUT2D eigenvalue weighted by Crippen LogP contribution is -2.43. The van der Waals surface area contributed by atoms with Crippen molar-refractivity contribution in [2.24, 2.45) is 0 Å². The maximum Gasteiger partial charge on any atom is 0.263 e. The van der Waals surface area contributed by atoms with Crippen LogP contribution < -0.4 is 5.32 Å². The van der Waals surface area contributed by atoms with E-state index in [1.807, 2.05) is 13.8 Å². The molecule has 2 aromatic rings. The highest BCUT2D eigenvalue weighted by molar-refractivity contribution is 7.16. The Morgan fingerprint density at radius 1 is 1.55 bits per heavy atom. The minimum absolute atomic E-state index is 0.0147. The summed E-state index contributed by atoms with van der Waals surface area (Å²) in [5, 5.41) is 3.45. The Morgan fingerprint density at radius 3 is 3.00 bits per heavy atom. The first-order valence-corrected chi connectivity index (χ1v) is 7.99. The number of nitrogens with zero attached hydrogens (tertiary/aromatic N) is 2. The van der Waals surface area contributed by atoms with Crippen LogP contribution in [0.5, 0.6) is 0 Å². The predicted octanol–water partition coefficient (Wildman–Crippen LogP) is 2.14. The predicted molar refractivity (Wildman–Crippen MR) is 82.5 cm³/mol. The summed E-state index contributed by atoms with van der Waals surface area (Å²) >= 11 is 1.25. The lowest BCUT2D eigenvalue weighted by atomic mass is 10.2. The number of carbonyl (C=O) groups excluding carboxylic acids is 2. The molecule has 1 N–H and O–H groups in total. The third-order valence-corrected chi connectivity index (χ3v) is 4.64. The molecule has 2 aromatic heterocycles. The van der Waals surface area contributed by atoms with Gasteiger partial charge < -0.3 is 14.6 Å². The average molecular weight is 319 g/mol. The fraction of sp³-hybridized carbons (Fsp3) is 0.400. The van der Waals surface area contributed by atoms with E-state index in [0.29, 0.717) is 28.6 Å². The van der Waals surface area contributed by atoms with E-state index in [1.54, 1.807) is 23.3 Å². The smallest absolute Gasteiger partial charge is 0.263 e. The summed E-state index contributed by atoms with van der Waals surface area (Å²) in [5.41, 5.74) is 0. The number of rotatable bonds is 4. The minimum Gasteiger partial charge on any atom is -0.462 e. The topological polar surface area (TPSA) is 75.4 Å². The number of amides is 2. The summed E-state index contributed by atoms with van der Waals surface area (Å²) < 4.78 is 5.26. The third-order valence-electron chi connectivity index (χ3n) is 3.63. The van der Waals surface area contributed by atoms with Gasteiger partial charge in [0, 0.05) is 12.6 Å². The van der Waals surface area contributed by atoms with Crippen molar-refractivity contribution in [1.29, 1.82) is 0 Å². The molecule has 1 aliphatic heterocycles. The zero-order chi connectivity index (χ0) is 15.7. The molecule has 1 fully saturated rings. The van der Waals surface area contributed by atoms with E-state index in [9.17, 15) is 9.59 Å². The molecule has 0 aliphatic carbocycles. The van der Waals surface area contributed by atoms with E-state index in [1.165, 1.54) is 17.5 Å². The quantitative estimate of drug-likeness (QED) is 0.937. The Balaban J connectivity index is 1.67. The van der Waals surface area contributed by atoms with E-state index in [2.05, 4.69) is 10.3 Å². The van der Waals surface area contributed by atoms with Crippen LogP contribution in [0.4, 0.5) is 0 Å². The van der Waals surface area contributed by atoms with E-state index in [-0.39, 0.29) is 17.9 Å². The number of hydrogen-bond acceptors (Lipinski definition) is 5. The van der Waals surface area contributed by atoms with Crippen molar-refractivity contribution in [3.05, 3.63) is 29.5 Å². The highest BCUT2D eigenvalue weighted by atomic mass is 32.1. The largest absolute Gasteiger partial charge is 0.462 e. The standard InChI is InChI=1S/C15H17N3O3S/c1-9(2)18-6-5-10(15(18)20)17-13(19)12-8-16-14(22-12)11-4-3-7-21-11/h3-4,7-10H,5-6H2,1-2H3,(H,17,19). The molecule has 3 rings (SSSR count). The summed E-state index contributed by atoms with van der Waals surface area (Å²) in [7, 11) is 0. The first-order chi connectivity index (χ1) is 10.6. The molecular weight excluding hydrogens is 302 g/mol. The number of carbonyl (C=O) groups is 2. The van der Waals surface area contributed by atoms with Crippen LogP contribution in [0, 0.1) is 0 Å². The highest BCUT2D eigenvalue weighted by Gasteiger charge is 2.34. The average Bonchev–Trinajstić information content (AvgIpc) is 3.18. The maximum atomic E-state index is 12.3. The maximum absolute atomic E-state index is 12.3.